The minimum atomic E-state index is 0.397. The monoisotopic (exact) mass is 248 g/mol. The van der Waals surface area contributed by atoms with Gasteiger partial charge >= 0.3 is 0 Å². The van der Waals surface area contributed by atoms with Crippen LogP contribution in [0.2, 0.25) is 0 Å². The molecule has 18 heavy (non-hydrogen) atoms. The van der Waals surface area contributed by atoms with Gasteiger partial charge in [-0.05, 0) is 43.1 Å². The first-order valence-electron chi connectivity index (χ1n) is 7.01. The Hall–Kier alpha value is -0.860. The van der Waals surface area contributed by atoms with E-state index in [1.54, 1.807) is 0 Å². The van der Waals surface area contributed by atoms with Crippen LogP contribution in [0.1, 0.15) is 52.0 Å². The summed E-state index contributed by atoms with van der Waals surface area (Å²) < 4.78 is 0. The molecule has 0 aliphatic carbocycles. The van der Waals surface area contributed by atoms with E-state index in [-0.39, 0.29) is 0 Å². The summed E-state index contributed by atoms with van der Waals surface area (Å²) in [6, 6.07) is 11.1. The lowest BCUT2D eigenvalue weighted by Gasteiger charge is -2.22. The summed E-state index contributed by atoms with van der Waals surface area (Å²) in [4.78, 5) is 0. The van der Waals surface area contributed by atoms with Gasteiger partial charge in [0.25, 0.3) is 0 Å². The van der Waals surface area contributed by atoms with E-state index < -0.39 is 0 Å². The van der Waals surface area contributed by atoms with Crippen LogP contribution in [0.15, 0.2) is 30.3 Å². The lowest BCUT2D eigenvalue weighted by molar-refractivity contribution is 0.322. The summed E-state index contributed by atoms with van der Waals surface area (Å²) in [7, 11) is 0. The quantitative estimate of drug-likeness (QED) is 0.571. The second-order valence-electron chi connectivity index (χ2n) is 6.34. The highest BCUT2D eigenvalue weighted by Crippen LogP contribution is 2.22. The van der Waals surface area contributed by atoms with Gasteiger partial charge in [-0.25, -0.2) is 0 Å². The number of hydrogen-bond acceptors (Lipinski definition) is 2. The Balaban J connectivity index is 2.23. The Morgan fingerprint density at radius 2 is 1.78 bits per heavy atom. The molecule has 0 amide bonds. The molecule has 1 aromatic carbocycles. The molecule has 1 aromatic rings. The number of aryl methyl sites for hydroxylation is 1. The molecule has 0 saturated carbocycles. The highest BCUT2D eigenvalue weighted by atomic mass is 15.2. The van der Waals surface area contributed by atoms with Gasteiger partial charge in [0.1, 0.15) is 0 Å². The molecule has 0 aromatic heterocycles. The highest BCUT2D eigenvalue weighted by molar-refractivity contribution is 5.14. The second kappa shape index (κ2) is 7.55. The van der Waals surface area contributed by atoms with Gasteiger partial charge in [0.05, 0.1) is 0 Å². The molecule has 3 N–H and O–H groups in total. The van der Waals surface area contributed by atoms with Crippen molar-refractivity contribution in [1.29, 1.82) is 0 Å². The van der Waals surface area contributed by atoms with Crippen molar-refractivity contribution in [2.75, 3.05) is 0 Å². The molecule has 1 atom stereocenters. The SMILES string of the molecule is CC(C)(C)CCC(CCCc1ccccc1)NN. The van der Waals surface area contributed by atoms with E-state index >= 15 is 0 Å². The van der Waals surface area contributed by atoms with E-state index in [9.17, 15) is 0 Å². The molecule has 0 heterocycles. The molecule has 0 bridgehead atoms. The van der Waals surface area contributed by atoms with Crippen LogP contribution in [0.5, 0.6) is 0 Å². The minimum Gasteiger partial charge on any atom is -0.271 e. The van der Waals surface area contributed by atoms with Crippen molar-refractivity contribution in [2.45, 2.75) is 58.9 Å². The summed E-state index contributed by atoms with van der Waals surface area (Å²) in [5.74, 6) is 5.63. The smallest absolute Gasteiger partial charge is 0.0210 e. The average Bonchev–Trinajstić information content (AvgIpc) is 2.33. The van der Waals surface area contributed by atoms with Gasteiger partial charge in [-0.15, -0.1) is 0 Å². The zero-order valence-electron chi connectivity index (χ0n) is 12.1. The van der Waals surface area contributed by atoms with Crippen LogP contribution >= 0.6 is 0 Å². The Morgan fingerprint density at radius 3 is 2.33 bits per heavy atom. The summed E-state index contributed by atoms with van der Waals surface area (Å²) in [5, 5.41) is 0. The van der Waals surface area contributed by atoms with Crippen LogP contribution < -0.4 is 11.3 Å². The topological polar surface area (TPSA) is 38.0 Å². The first kappa shape index (κ1) is 15.2. The van der Waals surface area contributed by atoms with Crippen LogP contribution in [0.3, 0.4) is 0 Å². The predicted octanol–water partition coefficient (Wildman–Crippen LogP) is 3.67. The fourth-order valence-electron chi connectivity index (χ4n) is 2.12. The summed E-state index contributed by atoms with van der Waals surface area (Å²) in [6.07, 6.45) is 5.88. The number of hydrogen-bond donors (Lipinski definition) is 2. The van der Waals surface area contributed by atoms with Crippen molar-refractivity contribution in [3.05, 3.63) is 35.9 Å². The molecule has 102 valence electrons. The predicted molar refractivity (Wildman–Crippen MR) is 79.2 cm³/mol. The largest absolute Gasteiger partial charge is 0.271 e. The first-order chi connectivity index (χ1) is 8.51. The van der Waals surface area contributed by atoms with Crippen molar-refractivity contribution in [2.24, 2.45) is 11.3 Å². The minimum absolute atomic E-state index is 0.397. The maximum atomic E-state index is 5.63. The lowest BCUT2D eigenvalue weighted by atomic mass is 9.88. The molecule has 0 radical (unpaired) electrons. The Bertz CT molecular complexity index is 314. The third-order valence-electron chi connectivity index (χ3n) is 3.34. The molecule has 2 heteroatoms. The lowest BCUT2D eigenvalue weighted by Crippen LogP contribution is -2.35. The molecule has 0 aliphatic heterocycles. The van der Waals surface area contributed by atoms with Crippen molar-refractivity contribution in [3.63, 3.8) is 0 Å². The van der Waals surface area contributed by atoms with E-state index in [1.165, 1.54) is 18.4 Å². The van der Waals surface area contributed by atoms with Gasteiger partial charge in [-0.2, -0.15) is 0 Å². The molecule has 0 saturated heterocycles. The Labute approximate surface area is 112 Å². The fraction of sp³-hybridized carbons (Fsp3) is 0.625. The van der Waals surface area contributed by atoms with Gasteiger partial charge in [0.2, 0.25) is 0 Å². The van der Waals surface area contributed by atoms with Crippen molar-refractivity contribution in [1.82, 2.24) is 5.43 Å². The number of benzene rings is 1. The maximum Gasteiger partial charge on any atom is 0.0210 e. The van der Waals surface area contributed by atoms with Crippen LogP contribution in [0.4, 0.5) is 0 Å². The number of rotatable bonds is 7. The van der Waals surface area contributed by atoms with Crippen molar-refractivity contribution in [3.8, 4) is 0 Å². The Kier molecular flexibility index (Phi) is 6.37. The third kappa shape index (κ3) is 6.77. The van der Waals surface area contributed by atoms with Crippen molar-refractivity contribution < 1.29 is 0 Å². The van der Waals surface area contributed by atoms with Crippen molar-refractivity contribution >= 4 is 0 Å². The Morgan fingerprint density at radius 1 is 1.11 bits per heavy atom. The third-order valence-corrected chi connectivity index (χ3v) is 3.34. The fourth-order valence-corrected chi connectivity index (χ4v) is 2.12. The van der Waals surface area contributed by atoms with Crippen LogP contribution in [-0.4, -0.2) is 6.04 Å². The van der Waals surface area contributed by atoms with Gasteiger partial charge in [-0.3, -0.25) is 11.3 Å². The molecule has 1 rings (SSSR count). The molecular formula is C16H28N2. The first-order valence-corrected chi connectivity index (χ1v) is 7.01. The molecule has 0 aliphatic rings. The van der Waals surface area contributed by atoms with Crippen LogP contribution in [0, 0.1) is 5.41 Å². The van der Waals surface area contributed by atoms with E-state index in [0.29, 0.717) is 11.5 Å². The number of nitrogens with one attached hydrogen (secondary N) is 1. The van der Waals surface area contributed by atoms with Gasteiger partial charge in [-0.1, -0.05) is 51.1 Å². The summed E-state index contributed by atoms with van der Waals surface area (Å²) in [6.45, 7) is 6.85. The van der Waals surface area contributed by atoms with E-state index in [2.05, 4.69) is 56.5 Å². The molecule has 0 spiro atoms. The summed E-state index contributed by atoms with van der Waals surface area (Å²) >= 11 is 0. The maximum absolute atomic E-state index is 5.63. The zero-order chi connectivity index (χ0) is 13.4. The van der Waals surface area contributed by atoms with E-state index in [0.717, 1.165) is 19.3 Å². The molecule has 1 unspecified atom stereocenters. The molecule has 2 nitrogen and oxygen atoms in total. The molecule has 0 fully saturated rings. The molecular weight excluding hydrogens is 220 g/mol. The highest BCUT2D eigenvalue weighted by Gasteiger charge is 2.14. The normalized spacial score (nSPS) is 13.6. The standard InChI is InChI=1S/C16H28N2/c1-16(2,3)13-12-15(18-17)11-7-10-14-8-5-4-6-9-14/h4-6,8-9,15,18H,7,10-13,17H2,1-3H3. The zero-order valence-corrected chi connectivity index (χ0v) is 12.1. The number of hydrazine groups is 1. The average molecular weight is 248 g/mol. The van der Waals surface area contributed by atoms with Gasteiger partial charge in [0.15, 0.2) is 0 Å². The second-order valence-corrected chi connectivity index (χ2v) is 6.34. The van der Waals surface area contributed by atoms with Crippen LogP contribution in [0.25, 0.3) is 0 Å². The van der Waals surface area contributed by atoms with Crippen LogP contribution in [-0.2, 0) is 6.42 Å². The van der Waals surface area contributed by atoms with E-state index in [1.807, 2.05) is 0 Å². The summed E-state index contributed by atoms with van der Waals surface area (Å²) in [5.41, 5.74) is 4.78. The number of nitrogens with two attached hydrogens (primary N) is 1. The van der Waals surface area contributed by atoms with E-state index in [4.69, 9.17) is 5.84 Å². The van der Waals surface area contributed by atoms with Gasteiger partial charge < -0.3 is 0 Å². The van der Waals surface area contributed by atoms with Gasteiger partial charge in [0, 0.05) is 6.04 Å².